The van der Waals surface area contributed by atoms with Crippen molar-refractivity contribution in [2.24, 2.45) is 5.92 Å². The molecule has 2 aliphatic rings. The molecule has 6 nitrogen and oxygen atoms in total. The standard InChI is InChI=1S/C16H17F3N2O4S/c17-16(18,19)11-7-9-20(10-8-11)26(24,25)13-3-1-12(2-4-13)21-14(22)5-6-15(21)23/h1-4,11H,5-10H2. The topological polar surface area (TPSA) is 74.8 Å². The zero-order valence-electron chi connectivity index (χ0n) is 13.7. The number of nitrogens with zero attached hydrogens (tertiary/aromatic N) is 2. The molecule has 2 amide bonds. The third kappa shape index (κ3) is 3.48. The Labute approximate surface area is 148 Å². The number of hydrogen-bond acceptors (Lipinski definition) is 4. The van der Waals surface area contributed by atoms with E-state index in [0.717, 1.165) is 9.21 Å². The lowest BCUT2D eigenvalue weighted by atomic mass is 9.98. The maximum atomic E-state index is 12.7. The predicted octanol–water partition coefficient (Wildman–Crippen LogP) is 2.30. The lowest BCUT2D eigenvalue weighted by molar-refractivity contribution is -0.182. The molecule has 0 spiro atoms. The molecule has 0 aromatic heterocycles. The molecule has 0 saturated carbocycles. The highest BCUT2D eigenvalue weighted by Gasteiger charge is 2.43. The van der Waals surface area contributed by atoms with Gasteiger partial charge in [-0.1, -0.05) is 0 Å². The smallest absolute Gasteiger partial charge is 0.274 e. The van der Waals surface area contributed by atoms with Gasteiger partial charge < -0.3 is 0 Å². The summed E-state index contributed by atoms with van der Waals surface area (Å²) < 4.78 is 64.4. The number of amides is 2. The van der Waals surface area contributed by atoms with Gasteiger partial charge in [0.15, 0.2) is 0 Å². The summed E-state index contributed by atoms with van der Waals surface area (Å²) in [5.41, 5.74) is 0.284. The van der Waals surface area contributed by atoms with E-state index in [-0.39, 0.29) is 61.2 Å². The zero-order chi connectivity index (χ0) is 19.1. The van der Waals surface area contributed by atoms with Crippen molar-refractivity contribution in [3.63, 3.8) is 0 Å². The number of carbonyl (C=O) groups excluding carboxylic acids is 2. The summed E-state index contributed by atoms with van der Waals surface area (Å²) in [6, 6.07) is 5.24. The van der Waals surface area contributed by atoms with Crippen LogP contribution in [0.2, 0.25) is 0 Å². The number of carbonyl (C=O) groups is 2. The fourth-order valence-electron chi connectivity index (χ4n) is 3.20. The van der Waals surface area contributed by atoms with Crippen LogP contribution >= 0.6 is 0 Å². The van der Waals surface area contributed by atoms with E-state index < -0.39 is 22.1 Å². The fourth-order valence-corrected chi connectivity index (χ4v) is 4.67. The van der Waals surface area contributed by atoms with Gasteiger partial charge >= 0.3 is 6.18 Å². The van der Waals surface area contributed by atoms with Crippen LogP contribution in [0, 0.1) is 5.92 Å². The summed E-state index contributed by atoms with van der Waals surface area (Å²) in [6.07, 6.45) is -4.61. The molecule has 1 aromatic carbocycles. The third-order valence-corrected chi connectivity index (χ3v) is 6.61. The van der Waals surface area contributed by atoms with Crippen molar-refractivity contribution < 1.29 is 31.2 Å². The molecule has 0 bridgehead atoms. The Kier molecular flexibility index (Phi) is 4.82. The van der Waals surface area contributed by atoms with Crippen molar-refractivity contribution in [1.82, 2.24) is 4.31 Å². The fraction of sp³-hybridized carbons (Fsp3) is 0.500. The highest BCUT2D eigenvalue weighted by atomic mass is 32.2. The molecule has 2 aliphatic heterocycles. The molecule has 0 aliphatic carbocycles. The summed E-state index contributed by atoms with van der Waals surface area (Å²) in [6.45, 7) is -0.394. The number of hydrogen-bond donors (Lipinski definition) is 0. The van der Waals surface area contributed by atoms with E-state index in [4.69, 9.17) is 0 Å². The van der Waals surface area contributed by atoms with Gasteiger partial charge in [-0.2, -0.15) is 17.5 Å². The zero-order valence-corrected chi connectivity index (χ0v) is 14.5. The van der Waals surface area contributed by atoms with Crippen molar-refractivity contribution in [3.8, 4) is 0 Å². The largest absolute Gasteiger partial charge is 0.391 e. The van der Waals surface area contributed by atoms with Crippen LogP contribution in [0.4, 0.5) is 18.9 Å². The number of sulfonamides is 1. The van der Waals surface area contributed by atoms with Gasteiger partial charge in [0.05, 0.1) is 16.5 Å². The minimum Gasteiger partial charge on any atom is -0.274 e. The average molecular weight is 390 g/mol. The van der Waals surface area contributed by atoms with Gasteiger partial charge in [-0.25, -0.2) is 8.42 Å². The molecule has 0 radical (unpaired) electrons. The van der Waals surface area contributed by atoms with Gasteiger partial charge in [-0.15, -0.1) is 0 Å². The Hall–Kier alpha value is -1.94. The second-order valence-electron chi connectivity index (χ2n) is 6.34. The molecule has 142 valence electrons. The van der Waals surface area contributed by atoms with Crippen LogP contribution in [0.15, 0.2) is 29.2 Å². The monoisotopic (exact) mass is 390 g/mol. The summed E-state index contributed by atoms with van der Waals surface area (Å²) in [5, 5.41) is 0. The Morgan fingerprint density at radius 3 is 1.88 bits per heavy atom. The first-order chi connectivity index (χ1) is 12.1. The maximum Gasteiger partial charge on any atom is 0.391 e. The van der Waals surface area contributed by atoms with Crippen molar-refractivity contribution in [1.29, 1.82) is 0 Å². The molecule has 2 heterocycles. The second-order valence-corrected chi connectivity index (χ2v) is 8.27. The van der Waals surface area contributed by atoms with Gasteiger partial charge in [0.1, 0.15) is 0 Å². The van der Waals surface area contributed by atoms with Gasteiger partial charge in [-0.05, 0) is 37.1 Å². The SMILES string of the molecule is O=C1CCC(=O)N1c1ccc(S(=O)(=O)N2CCC(C(F)(F)F)CC2)cc1. The Morgan fingerprint density at radius 2 is 1.42 bits per heavy atom. The molecule has 2 fully saturated rings. The second kappa shape index (κ2) is 6.66. The van der Waals surface area contributed by atoms with E-state index in [9.17, 15) is 31.2 Å². The Morgan fingerprint density at radius 1 is 0.923 bits per heavy atom. The van der Waals surface area contributed by atoms with Gasteiger partial charge in [-0.3, -0.25) is 14.5 Å². The van der Waals surface area contributed by atoms with E-state index in [1.165, 1.54) is 24.3 Å². The molecule has 3 rings (SSSR count). The van der Waals surface area contributed by atoms with Crippen LogP contribution < -0.4 is 4.90 Å². The quantitative estimate of drug-likeness (QED) is 0.743. The predicted molar refractivity (Wildman–Crippen MR) is 85.7 cm³/mol. The minimum absolute atomic E-state index is 0.0780. The highest BCUT2D eigenvalue weighted by molar-refractivity contribution is 7.89. The number of alkyl halides is 3. The Bertz CT molecular complexity index is 797. The molecule has 26 heavy (non-hydrogen) atoms. The van der Waals surface area contributed by atoms with E-state index in [2.05, 4.69) is 0 Å². The molecular weight excluding hydrogens is 373 g/mol. The molecule has 0 N–H and O–H groups in total. The number of imide groups is 1. The molecule has 10 heteroatoms. The summed E-state index contributed by atoms with van der Waals surface area (Å²) in [7, 11) is -3.92. The van der Waals surface area contributed by atoms with Crippen molar-refractivity contribution in [2.45, 2.75) is 36.8 Å². The molecular formula is C16H17F3N2O4S. The minimum atomic E-state index is -4.31. The van der Waals surface area contributed by atoms with E-state index in [1.807, 2.05) is 0 Å². The number of piperidine rings is 1. The van der Waals surface area contributed by atoms with Crippen LogP contribution in [0.1, 0.15) is 25.7 Å². The number of rotatable bonds is 3. The number of benzene rings is 1. The van der Waals surface area contributed by atoms with Crippen LogP contribution in [-0.4, -0.2) is 43.8 Å². The van der Waals surface area contributed by atoms with Crippen LogP contribution in [0.3, 0.4) is 0 Å². The normalized spacial score (nSPS) is 20.8. The summed E-state index contributed by atoms with van der Waals surface area (Å²) >= 11 is 0. The van der Waals surface area contributed by atoms with Crippen LogP contribution in [0.5, 0.6) is 0 Å². The van der Waals surface area contributed by atoms with Gasteiger partial charge in [0.2, 0.25) is 21.8 Å². The number of anilines is 1. The summed E-state index contributed by atoms with van der Waals surface area (Å²) in [4.78, 5) is 24.4. The molecule has 0 atom stereocenters. The lowest BCUT2D eigenvalue weighted by Gasteiger charge is -2.32. The van der Waals surface area contributed by atoms with E-state index in [1.54, 1.807) is 0 Å². The maximum absolute atomic E-state index is 12.7. The van der Waals surface area contributed by atoms with Gasteiger partial charge in [0, 0.05) is 25.9 Å². The van der Waals surface area contributed by atoms with E-state index >= 15 is 0 Å². The first-order valence-corrected chi connectivity index (χ1v) is 9.57. The molecule has 2 saturated heterocycles. The molecule has 0 unspecified atom stereocenters. The lowest BCUT2D eigenvalue weighted by Crippen LogP contribution is -2.42. The highest BCUT2D eigenvalue weighted by Crippen LogP contribution is 2.35. The average Bonchev–Trinajstić information content (AvgIpc) is 2.93. The van der Waals surface area contributed by atoms with Crippen LogP contribution in [0.25, 0.3) is 0 Å². The molecule has 1 aromatic rings. The van der Waals surface area contributed by atoms with Crippen molar-refractivity contribution in [3.05, 3.63) is 24.3 Å². The number of halogens is 3. The van der Waals surface area contributed by atoms with Crippen molar-refractivity contribution >= 4 is 27.5 Å². The van der Waals surface area contributed by atoms with Gasteiger partial charge in [0.25, 0.3) is 0 Å². The van der Waals surface area contributed by atoms with Crippen LogP contribution in [-0.2, 0) is 19.6 Å². The first-order valence-electron chi connectivity index (χ1n) is 8.13. The summed E-state index contributed by atoms with van der Waals surface area (Å²) in [5.74, 6) is -2.18. The first kappa shape index (κ1) is 18.8. The third-order valence-electron chi connectivity index (χ3n) is 4.70. The Balaban J connectivity index is 1.74. The van der Waals surface area contributed by atoms with E-state index in [0.29, 0.717) is 0 Å². The van der Waals surface area contributed by atoms with Crippen molar-refractivity contribution in [2.75, 3.05) is 18.0 Å².